The topological polar surface area (TPSA) is 80.8 Å². The number of hydrogen-bond acceptors (Lipinski definition) is 6. The number of ether oxygens (including phenoxy) is 2. The number of aromatic nitrogens is 1. The van der Waals surface area contributed by atoms with Crippen LogP contribution in [0.1, 0.15) is 36.4 Å². The van der Waals surface area contributed by atoms with Crippen LogP contribution in [0.15, 0.2) is 48.5 Å². The Kier molecular flexibility index (Phi) is 6.84. The highest BCUT2D eigenvalue weighted by Crippen LogP contribution is 2.40. The van der Waals surface area contributed by atoms with Crippen molar-refractivity contribution in [1.82, 2.24) is 10.3 Å². The van der Waals surface area contributed by atoms with Crippen molar-refractivity contribution >= 4 is 26.6 Å². The Hall–Kier alpha value is -2.84. The minimum absolute atomic E-state index is 0.265. The fraction of sp³-hybridized carbons (Fsp3) is 0.444. The standard InChI is InChI=1S/C27H33N3O4S/c1-19-6-8-23-24(29-19)4-3-5-26(23)33-16-12-22(20-10-13-28-14-11-20)21-7-9-27-25(18-21)30(15-17-34-27)35(2,31)32/h3-9,18,20,22,28H,10-17H2,1-2H3. The normalized spacial score (nSPS) is 17.6. The summed E-state index contributed by atoms with van der Waals surface area (Å²) < 4.78 is 38.4. The molecule has 1 unspecified atom stereocenters. The fourth-order valence-corrected chi connectivity index (χ4v) is 6.26. The molecule has 7 nitrogen and oxygen atoms in total. The Morgan fingerprint density at radius 3 is 2.80 bits per heavy atom. The zero-order valence-corrected chi connectivity index (χ0v) is 21.2. The van der Waals surface area contributed by atoms with E-state index in [1.54, 1.807) is 0 Å². The number of fused-ring (bicyclic) bond motifs is 2. The molecule has 1 N–H and O–H groups in total. The van der Waals surface area contributed by atoms with Crippen molar-refractivity contribution in [3.63, 3.8) is 0 Å². The van der Waals surface area contributed by atoms with Crippen LogP contribution in [0, 0.1) is 12.8 Å². The Labute approximate surface area is 207 Å². The maximum Gasteiger partial charge on any atom is 0.232 e. The van der Waals surface area contributed by atoms with Crippen LogP contribution in [-0.4, -0.2) is 52.5 Å². The third-order valence-electron chi connectivity index (χ3n) is 7.10. The fourth-order valence-electron chi connectivity index (χ4n) is 5.36. The number of anilines is 1. The molecule has 0 aliphatic carbocycles. The number of piperidine rings is 1. The molecule has 0 bridgehead atoms. The van der Waals surface area contributed by atoms with Crippen molar-refractivity contribution in [3.05, 3.63) is 59.8 Å². The van der Waals surface area contributed by atoms with Gasteiger partial charge in [-0.15, -0.1) is 0 Å². The molecule has 1 atom stereocenters. The van der Waals surface area contributed by atoms with Crippen LogP contribution >= 0.6 is 0 Å². The van der Waals surface area contributed by atoms with E-state index in [-0.39, 0.29) is 5.92 Å². The van der Waals surface area contributed by atoms with Gasteiger partial charge in [0.15, 0.2) is 0 Å². The van der Waals surface area contributed by atoms with Gasteiger partial charge in [-0.1, -0.05) is 12.1 Å². The number of sulfonamides is 1. The first-order valence-electron chi connectivity index (χ1n) is 12.3. The predicted molar refractivity (Wildman–Crippen MR) is 139 cm³/mol. The molecule has 0 spiro atoms. The van der Waals surface area contributed by atoms with Gasteiger partial charge in [-0.3, -0.25) is 9.29 Å². The highest BCUT2D eigenvalue weighted by molar-refractivity contribution is 7.92. The maximum absolute atomic E-state index is 12.4. The van der Waals surface area contributed by atoms with Crippen molar-refractivity contribution in [3.8, 4) is 11.5 Å². The van der Waals surface area contributed by atoms with E-state index in [0.29, 0.717) is 37.1 Å². The van der Waals surface area contributed by atoms with Gasteiger partial charge < -0.3 is 14.8 Å². The second-order valence-corrected chi connectivity index (χ2v) is 11.4. The first-order valence-corrected chi connectivity index (χ1v) is 14.2. The van der Waals surface area contributed by atoms with E-state index in [1.165, 1.54) is 10.6 Å². The van der Waals surface area contributed by atoms with Gasteiger partial charge in [0.25, 0.3) is 0 Å². The number of aryl methyl sites for hydroxylation is 1. The van der Waals surface area contributed by atoms with Crippen molar-refractivity contribution in [2.24, 2.45) is 5.92 Å². The molecule has 0 amide bonds. The summed E-state index contributed by atoms with van der Waals surface area (Å²) in [7, 11) is -3.37. The van der Waals surface area contributed by atoms with Crippen LogP contribution < -0.4 is 19.1 Å². The Morgan fingerprint density at radius 1 is 1.17 bits per heavy atom. The van der Waals surface area contributed by atoms with E-state index in [9.17, 15) is 8.42 Å². The monoisotopic (exact) mass is 495 g/mol. The highest BCUT2D eigenvalue weighted by Gasteiger charge is 2.29. The molecule has 0 radical (unpaired) electrons. The van der Waals surface area contributed by atoms with Crippen molar-refractivity contribution in [2.45, 2.75) is 32.1 Å². The highest BCUT2D eigenvalue weighted by atomic mass is 32.2. The molecule has 2 aromatic carbocycles. The van der Waals surface area contributed by atoms with Crippen LogP contribution in [0.5, 0.6) is 11.5 Å². The summed E-state index contributed by atoms with van der Waals surface area (Å²) in [5.74, 6) is 2.25. The zero-order chi connectivity index (χ0) is 24.4. The number of nitrogens with zero attached hydrogens (tertiary/aromatic N) is 2. The van der Waals surface area contributed by atoms with E-state index in [2.05, 4.69) is 22.4 Å². The lowest BCUT2D eigenvalue weighted by Crippen LogP contribution is -2.37. The van der Waals surface area contributed by atoms with E-state index in [1.807, 2.05) is 43.3 Å². The summed E-state index contributed by atoms with van der Waals surface area (Å²) in [6.07, 6.45) is 4.28. The minimum atomic E-state index is -3.37. The average molecular weight is 496 g/mol. The summed E-state index contributed by atoms with van der Waals surface area (Å²) in [6.45, 7) is 5.27. The molecule has 0 saturated carbocycles. The van der Waals surface area contributed by atoms with Gasteiger partial charge in [0.05, 0.1) is 30.6 Å². The lowest BCUT2D eigenvalue weighted by Gasteiger charge is -2.34. The largest absolute Gasteiger partial charge is 0.493 e. The molecule has 1 saturated heterocycles. The van der Waals surface area contributed by atoms with E-state index >= 15 is 0 Å². The number of pyridine rings is 1. The predicted octanol–water partition coefficient (Wildman–Crippen LogP) is 4.25. The molecule has 3 heterocycles. The average Bonchev–Trinajstić information content (AvgIpc) is 2.86. The molecule has 2 aliphatic rings. The van der Waals surface area contributed by atoms with Crippen molar-refractivity contribution in [1.29, 1.82) is 0 Å². The first kappa shape index (κ1) is 23.9. The second kappa shape index (κ2) is 10.0. The number of rotatable bonds is 7. The number of benzene rings is 2. The molecular weight excluding hydrogens is 462 g/mol. The van der Waals surface area contributed by atoms with Gasteiger partial charge in [0.1, 0.15) is 18.1 Å². The first-order chi connectivity index (χ1) is 16.9. The third kappa shape index (κ3) is 5.23. The molecule has 3 aromatic rings. The van der Waals surface area contributed by atoms with Crippen LogP contribution in [0.3, 0.4) is 0 Å². The molecule has 2 aliphatic heterocycles. The van der Waals surface area contributed by atoms with Crippen molar-refractivity contribution in [2.75, 3.05) is 43.4 Å². The van der Waals surface area contributed by atoms with Crippen LogP contribution in [0.4, 0.5) is 5.69 Å². The molecule has 8 heteroatoms. The molecule has 5 rings (SSSR count). The molecule has 35 heavy (non-hydrogen) atoms. The second-order valence-electron chi connectivity index (χ2n) is 9.52. The number of nitrogens with one attached hydrogen (secondary N) is 1. The molecule has 1 aromatic heterocycles. The van der Waals surface area contributed by atoms with Gasteiger partial charge in [-0.2, -0.15) is 0 Å². The lowest BCUT2D eigenvalue weighted by atomic mass is 9.78. The van der Waals surface area contributed by atoms with Crippen LogP contribution in [0.2, 0.25) is 0 Å². The van der Waals surface area contributed by atoms with Gasteiger partial charge >= 0.3 is 0 Å². The summed E-state index contributed by atoms with van der Waals surface area (Å²) in [4.78, 5) is 4.62. The lowest BCUT2D eigenvalue weighted by molar-refractivity contribution is 0.249. The summed E-state index contributed by atoms with van der Waals surface area (Å²) in [6, 6.07) is 16.1. The van der Waals surface area contributed by atoms with Crippen molar-refractivity contribution < 1.29 is 17.9 Å². The quantitative estimate of drug-likeness (QED) is 0.528. The summed E-state index contributed by atoms with van der Waals surface area (Å²) in [5.41, 5.74) is 3.72. The van der Waals surface area contributed by atoms with E-state index < -0.39 is 10.0 Å². The van der Waals surface area contributed by atoms with Gasteiger partial charge in [0, 0.05) is 11.1 Å². The molecule has 186 valence electrons. The Bertz CT molecular complexity index is 1310. The van der Waals surface area contributed by atoms with E-state index in [4.69, 9.17) is 9.47 Å². The SMILES string of the molecule is Cc1ccc2c(OCCC(c3ccc4c(c3)N(S(C)(=O)=O)CCO4)C3CCNCC3)cccc2n1. The smallest absolute Gasteiger partial charge is 0.232 e. The van der Waals surface area contributed by atoms with Crippen LogP contribution in [0.25, 0.3) is 10.9 Å². The maximum atomic E-state index is 12.4. The Morgan fingerprint density at radius 2 is 2.00 bits per heavy atom. The van der Waals surface area contributed by atoms with Gasteiger partial charge in [0.2, 0.25) is 10.0 Å². The Balaban J connectivity index is 1.40. The minimum Gasteiger partial charge on any atom is -0.493 e. The zero-order valence-electron chi connectivity index (χ0n) is 20.4. The molecular formula is C27H33N3O4S. The van der Waals surface area contributed by atoms with Gasteiger partial charge in [-0.05, 0) is 93.1 Å². The summed E-state index contributed by atoms with van der Waals surface area (Å²) in [5, 5.41) is 4.48. The molecule has 1 fully saturated rings. The number of hydrogen-bond donors (Lipinski definition) is 1. The van der Waals surface area contributed by atoms with Gasteiger partial charge in [-0.25, -0.2) is 8.42 Å². The van der Waals surface area contributed by atoms with Crippen LogP contribution in [-0.2, 0) is 10.0 Å². The summed E-state index contributed by atoms with van der Waals surface area (Å²) >= 11 is 0. The third-order valence-corrected chi connectivity index (χ3v) is 8.28. The van der Waals surface area contributed by atoms with E-state index in [0.717, 1.165) is 60.3 Å².